The Labute approximate surface area is 205 Å². The van der Waals surface area contributed by atoms with Crippen LogP contribution in [0.15, 0.2) is 83.9 Å². The fourth-order valence-corrected chi connectivity index (χ4v) is 4.20. The Kier molecular flexibility index (Phi) is 5.38. The lowest BCUT2D eigenvalue weighted by molar-refractivity contribution is 0.102. The van der Waals surface area contributed by atoms with E-state index in [0.717, 1.165) is 17.0 Å². The fourth-order valence-electron chi connectivity index (χ4n) is 4.20. The molecule has 0 saturated carbocycles. The summed E-state index contributed by atoms with van der Waals surface area (Å²) in [6.07, 6.45) is 6.64. The first kappa shape index (κ1) is 21.5. The Morgan fingerprint density at radius 3 is 2.72 bits per heavy atom. The minimum atomic E-state index is -0.295. The van der Waals surface area contributed by atoms with Gasteiger partial charge in [-0.3, -0.25) is 14.7 Å². The number of carbonyl (C=O) groups excluding carboxylic acids is 2. The smallest absolute Gasteiger partial charge is 0.321 e. The predicted molar refractivity (Wildman–Crippen MR) is 134 cm³/mol. The van der Waals surface area contributed by atoms with Crippen LogP contribution in [0.1, 0.15) is 16.1 Å². The van der Waals surface area contributed by atoms with Gasteiger partial charge in [0.05, 0.1) is 29.1 Å². The van der Waals surface area contributed by atoms with Gasteiger partial charge in [0.15, 0.2) is 5.65 Å². The van der Waals surface area contributed by atoms with E-state index < -0.39 is 0 Å². The van der Waals surface area contributed by atoms with Crippen molar-refractivity contribution in [3.05, 3.63) is 90.8 Å². The SMILES string of the molecule is O=C(Nc1ccc(N2CCNC2=O)cc1)c1cc(-c2cccnc2)nc2c1cnn2Cc1ccco1. The molecule has 0 atom stereocenters. The normalized spacial score (nSPS) is 13.2. The van der Waals surface area contributed by atoms with Crippen LogP contribution in [0.5, 0.6) is 0 Å². The van der Waals surface area contributed by atoms with Gasteiger partial charge in [-0.2, -0.15) is 5.10 Å². The third-order valence-electron chi connectivity index (χ3n) is 5.99. The molecule has 1 aliphatic heterocycles. The minimum absolute atomic E-state index is 0.125. The summed E-state index contributed by atoms with van der Waals surface area (Å²) >= 11 is 0. The van der Waals surface area contributed by atoms with Crippen molar-refractivity contribution in [2.75, 3.05) is 23.3 Å². The number of nitrogens with zero attached hydrogens (tertiary/aromatic N) is 5. The maximum Gasteiger partial charge on any atom is 0.321 e. The number of rotatable bonds is 6. The van der Waals surface area contributed by atoms with E-state index in [0.29, 0.717) is 47.6 Å². The van der Waals surface area contributed by atoms with Gasteiger partial charge in [0.25, 0.3) is 5.91 Å². The van der Waals surface area contributed by atoms with Crippen molar-refractivity contribution >= 4 is 34.3 Å². The highest BCUT2D eigenvalue weighted by Gasteiger charge is 2.22. The van der Waals surface area contributed by atoms with Crippen LogP contribution >= 0.6 is 0 Å². The van der Waals surface area contributed by atoms with E-state index >= 15 is 0 Å². The number of furan rings is 1. The van der Waals surface area contributed by atoms with E-state index in [-0.39, 0.29) is 11.9 Å². The van der Waals surface area contributed by atoms with Crippen LogP contribution in [0, 0.1) is 0 Å². The zero-order chi connectivity index (χ0) is 24.5. The van der Waals surface area contributed by atoms with Gasteiger partial charge < -0.3 is 15.1 Å². The van der Waals surface area contributed by atoms with Gasteiger partial charge >= 0.3 is 6.03 Å². The molecule has 1 saturated heterocycles. The number of anilines is 2. The molecule has 0 unspecified atom stereocenters. The van der Waals surface area contributed by atoms with Crippen LogP contribution in [0.4, 0.5) is 16.2 Å². The molecule has 10 nitrogen and oxygen atoms in total. The monoisotopic (exact) mass is 479 g/mol. The molecule has 0 radical (unpaired) electrons. The van der Waals surface area contributed by atoms with Crippen molar-refractivity contribution in [2.24, 2.45) is 0 Å². The molecule has 4 aromatic heterocycles. The summed E-state index contributed by atoms with van der Waals surface area (Å²) in [6, 6.07) is 16.2. The molecule has 0 aliphatic carbocycles. The molecular formula is C26H21N7O3. The quantitative estimate of drug-likeness (QED) is 0.381. The molecule has 178 valence electrons. The lowest BCUT2D eigenvalue weighted by Gasteiger charge is -2.15. The molecule has 1 fully saturated rings. The van der Waals surface area contributed by atoms with E-state index in [2.05, 4.69) is 20.7 Å². The predicted octanol–water partition coefficient (Wildman–Crippen LogP) is 3.92. The molecule has 6 rings (SSSR count). The van der Waals surface area contributed by atoms with Crippen molar-refractivity contribution in [1.82, 2.24) is 25.1 Å². The van der Waals surface area contributed by atoms with Crippen molar-refractivity contribution in [3.63, 3.8) is 0 Å². The van der Waals surface area contributed by atoms with Crippen molar-refractivity contribution < 1.29 is 14.0 Å². The first-order valence-electron chi connectivity index (χ1n) is 11.4. The van der Waals surface area contributed by atoms with Crippen LogP contribution in [-0.2, 0) is 6.54 Å². The van der Waals surface area contributed by atoms with Crippen molar-refractivity contribution in [3.8, 4) is 11.3 Å². The number of fused-ring (bicyclic) bond motifs is 1. The second kappa shape index (κ2) is 8.99. The Hall–Kier alpha value is -4.99. The Balaban J connectivity index is 1.35. The maximum atomic E-state index is 13.4. The third kappa shape index (κ3) is 4.05. The van der Waals surface area contributed by atoms with E-state index in [1.807, 2.05) is 36.4 Å². The van der Waals surface area contributed by atoms with Crippen LogP contribution in [0.25, 0.3) is 22.3 Å². The van der Waals surface area contributed by atoms with E-state index in [1.165, 1.54) is 0 Å². The number of benzene rings is 1. The molecule has 5 aromatic rings. The number of hydrogen-bond donors (Lipinski definition) is 2. The van der Waals surface area contributed by atoms with Gasteiger partial charge in [0.2, 0.25) is 0 Å². The number of hydrogen-bond acceptors (Lipinski definition) is 6. The highest BCUT2D eigenvalue weighted by atomic mass is 16.3. The summed E-state index contributed by atoms with van der Waals surface area (Å²) in [4.78, 5) is 36.0. The van der Waals surface area contributed by atoms with Crippen LogP contribution < -0.4 is 15.5 Å². The van der Waals surface area contributed by atoms with Crippen LogP contribution in [0.2, 0.25) is 0 Å². The van der Waals surface area contributed by atoms with Crippen LogP contribution in [0.3, 0.4) is 0 Å². The number of amides is 3. The first-order valence-corrected chi connectivity index (χ1v) is 11.4. The Bertz CT molecular complexity index is 1540. The summed E-state index contributed by atoms with van der Waals surface area (Å²) in [7, 11) is 0. The zero-order valence-corrected chi connectivity index (χ0v) is 19.1. The second-order valence-corrected chi connectivity index (χ2v) is 8.30. The number of nitrogens with one attached hydrogen (secondary N) is 2. The lowest BCUT2D eigenvalue weighted by atomic mass is 10.1. The largest absolute Gasteiger partial charge is 0.467 e. The maximum absolute atomic E-state index is 13.4. The first-order chi connectivity index (χ1) is 17.7. The van der Waals surface area contributed by atoms with Gasteiger partial charge in [0, 0.05) is 42.4 Å². The van der Waals surface area contributed by atoms with E-state index in [1.54, 1.807) is 52.6 Å². The Morgan fingerprint density at radius 2 is 2.00 bits per heavy atom. The molecule has 3 amide bonds. The second-order valence-electron chi connectivity index (χ2n) is 8.30. The molecule has 2 N–H and O–H groups in total. The lowest BCUT2D eigenvalue weighted by Crippen LogP contribution is -2.27. The van der Waals surface area contributed by atoms with Gasteiger partial charge in [-0.15, -0.1) is 0 Å². The molecule has 1 aromatic carbocycles. The average Bonchev–Trinajstić information content (AvgIpc) is 3.67. The molecule has 10 heteroatoms. The summed E-state index contributed by atoms with van der Waals surface area (Å²) < 4.78 is 7.18. The summed E-state index contributed by atoms with van der Waals surface area (Å²) in [5.41, 5.74) is 3.78. The molecule has 0 spiro atoms. The highest BCUT2D eigenvalue weighted by Crippen LogP contribution is 2.26. The Morgan fingerprint density at radius 1 is 1.11 bits per heavy atom. The van der Waals surface area contributed by atoms with Gasteiger partial charge in [-0.25, -0.2) is 14.5 Å². The average molecular weight is 480 g/mol. The van der Waals surface area contributed by atoms with Gasteiger partial charge in [-0.05, 0) is 54.6 Å². The topological polar surface area (TPSA) is 118 Å². The standard InChI is InChI=1S/C26H21N7O3/c34-25(30-18-5-7-19(8-6-18)32-11-10-28-26(32)35)21-13-23(17-3-1-9-27-14-17)31-24-22(21)15-29-33(24)16-20-4-2-12-36-20/h1-9,12-15H,10-11,16H2,(H,28,35)(H,30,34). The highest BCUT2D eigenvalue weighted by molar-refractivity contribution is 6.12. The number of urea groups is 1. The minimum Gasteiger partial charge on any atom is -0.467 e. The number of aromatic nitrogens is 4. The van der Waals surface area contributed by atoms with E-state index in [4.69, 9.17) is 9.40 Å². The summed E-state index contributed by atoms with van der Waals surface area (Å²) in [5.74, 6) is 0.433. The van der Waals surface area contributed by atoms with E-state index in [9.17, 15) is 9.59 Å². The zero-order valence-electron chi connectivity index (χ0n) is 19.1. The third-order valence-corrected chi connectivity index (χ3v) is 5.99. The summed E-state index contributed by atoms with van der Waals surface area (Å²) in [6.45, 7) is 1.60. The number of pyridine rings is 2. The van der Waals surface area contributed by atoms with Gasteiger partial charge in [0.1, 0.15) is 12.3 Å². The van der Waals surface area contributed by atoms with Gasteiger partial charge in [-0.1, -0.05) is 0 Å². The molecule has 1 aliphatic rings. The molecule has 0 bridgehead atoms. The van der Waals surface area contributed by atoms with Crippen LogP contribution in [-0.4, -0.2) is 44.8 Å². The summed E-state index contributed by atoms with van der Waals surface area (Å²) in [5, 5.41) is 10.8. The molecule has 5 heterocycles. The number of carbonyl (C=O) groups is 2. The van der Waals surface area contributed by atoms with Crippen molar-refractivity contribution in [1.29, 1.82) is 0 Å². The molecule has 36 heavy (non-hydrogen) atoms. The molecular weight excluding hydrogens is 458 g/mol. The fraction of sp³-hybridized carbons (Fsp3) is 0.115. The van der Waals surface area contributed by atoms with Crippen molar-refractivity contribution in [2.45, 2.75) is 6.54 Å².